The minimum Gasteiger partial charge on any atom is -0.282 e. The van der Waals surface area contributed by atoms with E-state index in [1.54, 1.807) is 30.3 Å². The van der Waals surface area contributed by atoms with Gasteiger partial charge in [-0.15, -0.1) is 0 Å². The summed E-state index contributed by atoms with van der Waals surface area (Å²) in [6, 6.07) is 12.4. The molecule has 0 aliphatic rings. The van der Waals surface area contributed by atoms with Crippen LogP contribution in [0.3, 0.4) is 0 Å². The molecule has 0 bridgehead atoms. The fourth-order valence-electron chi connectivity index (χ4n) is 1.69. The van der Waals surface area contributed by atoms with Crippen LogP contribution < -0.4 is 0 Å². The van der Waals surface area contributed by atoms with E-state index in [4.69, 9.17) is 4.55 Å². The molecule has 0 aliphatic heterocycles. The van der Waals surface area contributed by atoms with E-state index < -0.39 is 25.6 Å². The van der Waals surface area contributed by atoms with Gasteiger partial charge in [0.2, 0.25) is 0 Å². The smallest absolute Gasteiger partial charge is 0.282 e. The Morgan fingerprint density at radius 3 is 2.16 bits per heavy atom. The first kappa shape index (κ1) is 13.2. The van der Waals surface area contributed by atoms with Gasteiger partial charge in [-0.25, -0.2) is 0 Å². The van der Waals surface area contributed by atoms with E-state index in [1.165, 1.54) is 6.07 Å². The van der Waals surface area contributed by atoms with Gasteiger partial charge in [0.25, 0.3) is 5.69 Å². The lowest BCUT2D eigenvalue weighted by Gasteiger charge is -2.04. The van der Waals surface area contributed by atoms with Crippen molar-refractivity contribution in [2.45, 2.75) is 4.90 Å². The molecule has 0 aromatic heterocycles. The Kier molecular flexibility index (Phi) is 3.32. The lowest BCUT2D eigenvalue weighted by Crippen LogP contribution is -2.03. The average molecular weight is 279 g/mol. The third-order valence-corrected chi connectivity index (χ3v) is 3.44. The van der Waals surface area contributed by atoms with Crippen molar-refractivity contribution in [3.63, 3.8) is 0 Å². The number of nitro groups is 1. The molecule has 19 heavy (non-hydrogen) atoms. The number of nitrogens with zero attached hydrogens (tertiary/aromatic N) is 1. The van der Waals surface area contributed by atoms with Gasteiger partial charge in [-0.1, -0.05) is 36.4 Å². The van der Waals surface area contributed by atoms with Gasteiger partial charge >= 0.3 is 10.1 Å². The van der Waals surface area contributed by atoms with Gasteiger partial charge in [0, 0.05) is 6.07 Å². The zero-order valence-corrected chi connectivity index (χ0v) is 10.4. The summed E-state index contributed by atoms with van der Waals surface area (Å²) in [5, 5.41) is 10.9. The second kappa shape index (κ2) is 4.79. The van der Waals surface area contributed by atoms with Crippen molar-refractivity contribution in [3.05, 3.63) is 58.6 Å². The van der Waals surface area contributed by atoms with Gasteiger partial charge in [0.05, 0.1) is 4.92 Å². The van der Waals surface area contributed by atoms with Crippen molar-refractivity contribution in [1.29, 1.82) is 0 Å². The quantitative estimate of drug-likeness (QED) is 0.529. The third-order valence-electron chi connectivity index (χ3n) is 2.54. The van der Waals surface area contributed by atoms with Crippen LogP contribution in [0.25, 0.3) is 11.1 Å². The molecule has 0 radical (unpaired) electrons. The summed E-state index contributed by atoms with van der Waals surface area (Å²) >= 11 is 0. The van der Waals surface area contributed by atoms with E-state index in [1.807, 2.05) is 0 Å². The van der Waals surface area contributed by atoms with Crippen LogP contribution in [0, 0.1) is 10.1 Å². The fraction of sp³-hybridized carbons (Fsp3) is 0. The molecule has 0 amide bonds. The van der Waals surface area contributed by atoms with E-state index in [9.17, 15) is 18.5 Å². The third kappa shape index (κ3) is 2.78. The maximum atomic E-state index is 11.1. The molecule has 7 heteroatoms. The Bertz CT molecular complexity index is 725. The molecule has 2 aromatic carbocycles. The van der Waals surface area contributed by atoms with Crippen LogP contribution in [-0.4, -0.2) is 17.9 Å². The molecule has 2 rings (SSSR count). The van der Waals surface area contributed by atoms with Gasteiger partial charge < -0.3 is 0 Å². The van der Waals surface area contributed by atoms with Crippen molar-refractivity contribution in [2.24, 2.45) is 0 Å². The van der Waals surface area contributed by atoms with Crippen molar-refractivity contribution < 1.29 is 17.9 Å². The van der Waals surface area contributed by atoms with Crippen LogP contribution in [0.4, 0.5) is 5.69 Å². The molecular weight excluding hydrogens is 270 g/mol. The number of nitro benzene ring substituents is 1. The maximum absolute atomic E-state index is 11.1. The van der Waals surface area contributed by atoms with Crippen molar-refractivity contribution >= 4 is 15.8 Å². The molecule has 1 N–H and O–H groups in total. The molecule has 0 atom stereocenters. The molecule has 0 aliphatic carbocycles. The molecule has 0 unspecified atom stereocenters. The lowest BCUT2D eigenvalue weighted by atomic mass is 10.1. The van der Waals surface area contributed by atoms with Crippen LogP contribution in [0.15, 0.2) is 53.4 Å². The van der Waals surface area contributed by atoms with Crippen LogP contribution in [0.5, 0.6) is 0 Å². The first-order valence-corrected chi connectivity index (χ1v) is 6.65. The predicted molar refractivity (Wildman–Crippen MR) is 68.3 cm³/mol. The Morgan fingerprint density at radius 2 is 1.63 bits per heavy atom. The number of hydrogen-bond acceptors (Lipinski definition) is 4. The lowest BCUT2D eigenvalue weighted by molar-refractivity contribution is -0.387. The highest BCUT2D eigenvalue weighted by molar-refractivity contribution is 7.86. The zero-order chi connectivity index (χ0) is 14.0. The first-order chi connectivity index (χ1) is 8.89. The fourth-order valence-corrected chi connectivity index (χ4v) is 2.33. The number of hydrogen-bond donors (Lipinski definition) is 1. The summed E-state index contributed by atoms with van der Waals surface area (Å²) in [6.07, 6.45) is 0. The number of rotatable bonds is 3. The Morgan fingerprint density at radius 1 is 1.00 bits per heavy atom. The van der Waals surface area contributed by atoms with Gasteiger partial charge in [-0.3, -0.25) is 14.7 Å². The SMILES string of the molecule is O=[N+]([O-])c1cc(-c2ccccc2)ccc1S(=O)(=O)O. The second-order valence-corrected chi connectivity index (χ2v) is 5.17. The van der Waals surface area contributed by atoms with E-state index in [-0.39, 0.29) is 0 Å². The maximum Gasteiger partial charge on any atom is 0.301 e. The van der Waals surface area contributed by atoms with Gasteiger partial charge in [-0.05, 0) is 17.2 Å². The molecule has 6 nitrogen and oxygen atoms in total. The highest BCUT2D eigenvalue weighted by Gasteiger charge is 2.24. The van der Waals surface area contributed by atoms with Crippen LogP contribution in [0.1, 0.15) is 0 Å². The minimum absolute atomic E-state index is 0.500. The highest BCUT2D eigenvalue weighted by Crippen LogP contribution is 2.29. The normalized spacial score (nSPS) is 11.2. The Hall–Kier alpha value is -2.25. The molecule has 0 heterocycles. The van der Waals surface area contributed by atoms with E-state index in [0.717, 1.165) is 12.1 Å². The van der Waals surface area contributed by atoms with Crippen molar-refractivity contribution in [2.75, 3.05) is 0 Å². The summed E-state index contributed by atoms with van der Waals surface area (Å²) in [7, 11) is -4.62. The van der Waals surface area contributed by atoms with E-state index >= 15 is 0 Å². The van der Waals surface area contributed by atoms with Crippen LogP contribution in [-0.2, 0) is 10.1 Å². The van der Waals surface area contributed by atoms with Crippen LogP contribution >= 0.6 is 0 Å². The zero-order valence-electron chi connectivity index (χ0n) is 9.55. The first-order valence-electron chi connectivity index (χ1n) is 5.21. The highest BCUT2D eigenvalue weighted by atomic mass is 32.2. The predicted octanol–water partition coefficient (Wildman–Crippen LogP) is 2.51. The number of benzene rings is 2. The molecular formula is C12H9NO5S. The molecule has 0 fully saturated rings. The minimum atomic E-state index is -4.62. The van der Waals surface area contributed by atoms with Crippen LogP contribution in [0.2, 0.25) is 0 Å². The van der Waals surface area contributed by atoms with Crippen molar-refractivity contribution in [1.82, 2.24) is 0 Å². The van der Waals surface area contributed by atoms with Gasteiger partial charge in [0.15, 0.2) is 4.90 Å². The monoisotopic (exact) mass is 279 g/mol. The molecule has 2 aromatic rings. The summed E-state index contributed by atoms with van der Waals surface area (Å²) < 4.78 is 31.1. The van der Waals surface area contributed by atoms with Gasteiger partial charge in [0.1, 0.15) is 0 Å². The standard InChI is InChI=1S/C12H9NO5S/c14-13(15)11-8-10(9-4-2-1-3-5-9)6-7-12(11)19(16,17)18/h1-8H,(H,16,17,18). The van der Waals surface area contributed by atoms with E-state index in [0.29, 0.717) is 11.1 Å². The summed E-state index contributed by atoms with van der Waals surface area (Å²) in [4.78, 5) is 9.33. The van der Waals surface area contributed by atoms with Crippen molar-refractivity contribution in [3.8, 4) is 11.1 Å². The summed E-state index contributed by atoms with van der Waals surface area (Å²) in [5.41, 5.74) is 0.566. The molecule has 0 saturated carbocycles. The molecule has 0 saturated heterocycles. The second-order valence-electron chi connectivity index (χ2n) is 3.78. The summed E-state index contributed by atoms with van der Waals surface area (Å²) in [5.74, 6) is 0. The summed E-state index contributed by atoms with van der Waals surface area (Å²) in [6.45, 7) is 0. The molecule has 98 valence electrons. The Labute approximate surface area is 109 Å². The van der Waals surface area contributed by atoms with E-state index in [2.05, 4.69) is 0 Å². The average Bonchev–Trinajstić information content (AvgIpc) is 2.38. The Balaban J connectivity index is 2.65. The largest absolute Gasteiger partial charge is 0.301 e. The topological polar surface area (TPSA) is 97.5 Å². The molecule has 0 spiro atoms. The van der Waals surface area contributed by atoms with Gasteiger partial charge in [-0.2, -0.15) is 8.42 Å².